The molecule has 0 radical (unpaired) electrons. The van der Waals surface area contributed by atoms with Crippen LogP contribution in [0.5, 0.6) is 0 Å². The van der Waals surface area contributed by atoms with Crippen molar-refractivity contribution in [1.29, 1.82) is 0 Å². The van der Waals surface area contributed by atoms with E-state index in [1.54, 1.807) is 21.7 Å². The molecule has 3 aromatic rings. The number of rotatable bonds is 7. The Morgan fingerprint density at radius 2 is 1.83 bits per heavy atom. The molecule has 0 atom stereocenters. The summed E-state index contributed by atoms with van der Waals surface area (Å²) < 4.78 is 16.3. The number of hydrogen-bond donors (Lipinski definition) is 1. The molecule has 1 amide bonds. The Morgan fingerprint density at radius 3 is 2.41 bits per heavy atom. The lowest BCUT2D eigenvalue weighted by atomic mass is 10.1. The summed E-state index contributed by atoms with van der Waals surface area (Å²) in [5.41, 5.74) is 9.11. The summed E-state index contributed by atoms with van der Waals surface area (Å²) in [6, 6.07) is 16.3. The molecule has 0 fully saturated rings. The van der Waals surface area contributed by atoms with Gasteiger partial charge in [-0.1, -0.05) is 30.3 Å². The van der Waals surface area contributed by atoms with Crippen molar-refractivity contribution in [3.63, 3.8) is 0 Å². The van der Waals surface area contributed by atoms with Crippen LogP contribution in [-0.4, -0.2) is 40.2 Å². The summed E-state index contributed by atoms with van der Waals surface area (Å²) in [6.07, 6.45) is 0.721. The number of aryl methyl sites for hydroxylation is 2. The molecule has 0 saturated carbocycles. The lowest BCUT2D eigenvalue weighted by Gasteiger charge is -2.22. The highest BCUT2D eigenvalue weighted by Gasteiger charge is 2.18. The van der Waals surface area contributed by atoms with E-state index in [9.17, 15) is 9.18 Å². The maximum absolute atomic E-state index is 14.7. The van der Waals surface area contributed by atoms with Crippen LogP contribution in [0.3, 0.4) is 0 Å². The van der Waals surface area contributed by atoms with Gasteiger partial charge in [-0.2, -0.15) is 5.10 Å². The first-order chi connectivity index (χ1) is 13.5. The van der Waals surface area contributed by atoms with Crippen molar-refractivity contribution in [1.82, 2.24) is 14.7 Å². The van der Waals surface area contributed by atoms with E-state index in [0.717, 1.165) is 23.4 Å². The molecular formula is C22H26ClFN4O. The lowest BCUT2D eigenvalue weighted by molar-refractivity contribution is 0.0761. The van der Waals surface area contributed by atoms with Gasteiger partial charge in [-0.25, -0.2) is 9.07 Å². The van der Waals surface area contributed by atoms with Gasteiger partial charge < -0.3 is 10.6 Å². The number of benzene rings is 2. The first-order valence-corrected chi connectivity index (χ1v) is 9.36. The number of hydrogen-bond acceptors (Lipinski definition) is 3. The minimum Gasteiger partial charge on any atom is -0.337 e. The standard InChI is InChI=1S/C22H25FN4O.ClH/c1-16-14-17(2)27(25-16)21-9-8-19(15-20(21)23)22(28)26(13-11-24)12-10-18-6-4-3-5-7-18;/h3-9,14-15H,10-13,24H2,1-2H3;1H. The topological polar surface area (TPSA) is 64.2 Å². The first kappa shape index (κ1) is 22.6. The van der Waals surface area contributed by atoms with Gasteiger partial charge in [-0.05, 0) is 50.1 Å². The fourth-order valence-corrected chi connectivity index (χ4v) is 3.25. The Labute approximate surface area is 176 Å². The predicted molar refractivity (Wildman–Crippen MR) is 115 cm³/mol. The molecule has 0 saturated heterocycles. The Bertz CT molecular complexity index is 959. The van der Waals surface area contributed by atoms with Crippen LogP contribution in [0.2, 0.25) is 0 Å². The van der Waals surface area contributed by atoms with Crippen molar-refractivity contribution in [3.05, 3.63) is 82.9 Å². The average Bonchev–Trinajstić information content (AvgIpc) is 3.03. The smallest absolute Gasteiger partial charge is 0.254 e. The third-order valence-corrected chi connectivity index (χ3v) is 4.63. The highest BCUT2D eigenvalue weighted by Crippen LogP contribution is 2.18. The van der Waals surface area contributed by atoms with Gasteiger partial charge in [-0.3, -0.25) is 4.79 Å². The number of carbonyl (C=O) groups excluding carboxylic acids is 1. The molecule has 154 valence electrons. The molecule has 0 bridgehead atoms. The normalized spacial score (nSPS) is 10.5. The molecule has 1 heterocycles. The summed E-state index contributed by atoms with van der Waals surface area (Å²) in [7, 11) is 0. The second-order valence-corrected chi connectivity index (χ2v) is 6.82. The van der Waals surface area contributed by atoms with Gasteiger partial charge in [0.15, 0.2) is 0 Å². The highest BCUT2D eigenvalue weighted by atomic mass is 35.5. The first-order valence-electron chi connectivity index (χ1n) is 9.36. The zero-order valence-electron chi connectivity index (χ0n) is 16.6. The van der Waals surface area contributed by atoms with Gasteiger partial charge >= 0.3 is 0 Å². The number of aromatic nitrogens is 2. The van der Waals surface area contributed by atoms with E-state index in [1.807, 2.05) is 50.2 Å². The van der Waals surface area contributed by atoms with Crippen LogP contribution in [0.25, 0.3) is 5.69 Å². The molecule has 29 heavy (non-hydrogen) atoms. The van der Waals surface area contributed by atoms with Crippen LogP contribution in [0.1, 0.15) is 27.3 Å². The largest absolute Gasteiger partial charge is 0.337 e. The van der Waals surface area contributed by atoms with Crippen LogP contribution < -0.4 is 5.73 Å². The molecule has 0 aliphatic carbocycles. The number of halogens is 2. The van der Waals surface area contributed by atoms with Crippen molar-refractivity contribution < 1.29 is 9.18 Å². The predicted octanol–water partition coefficient (Wildman–Crippen LogP) is 3.69. The van der Waals surface area contributed by atoms with E-state index in [4.69, 9.17) is 5.73 Å². The molecule has 3 rings (SSSR count). The average molecular weight is 417 g/mol. The van der Waals surface area contributed by atoms with E-state index >= 15 is 0 Å². The Morgan fingerprint density at radius 1 is 1.10 bits per heavy atom. The molecule has 2 N–H and O–H groups in total. The molecular weight excluding hydrogens is 391 g/mol. The highest BCUT2D eigenvalue weighted by molar-refractivity contribution is 5.94. The fourth-order valence-electron chi connectivity index (χ4n) is 3.25. The van der Waals surface area contributed by atoms with Gasteiger partial charge in [0.1, 0.15) is 11.5 Å². The molecule has 0 aliphatic rings. The maximum Gasteiger partial charge on any atom is 0.254 e. The Hall–Kier alpha value is -2.70. The van der Waals surface area contributed by atoms with Crippen molar-refractivity contribution in [3.8, 4) is 5.69 Å². The van der Waals surface area contributed by atoms with Crippen LogP contribution in [-0.2, 0) is 6.42 Å². The number of carbonyl (C=O) groups is 1. The van der Waals surface area contributed by atoms with Gasteiger partial charge in [-0.15, -0.1) is 12.4 Å². The minimum atomic E-state index is -0.479. The maximum atomic E-state index is 14.7. The second kappa shape index (κ2) is 10.2. The third kappa shape index (κ3) is 5.43. The van der Waals surface area contributed by atoms with E-state index < -0.39 is 5.82 Å². The van der Waals surface area contributed by atoms with Crippen LogP contribution >= 0.6 is 12.4 Å². The summed E-state index contributed by atoms with van der Waals surface area (Å²) in [5.74, 6) is -0.701. The van der Waals surface area contributed by atoms with E-state index in [2.05, 4.69) is 5.10 Å². The minimum absolute atomic E-state index is 0. The van der Waals surface area contributed by atoms with Gasteiger partial charge in [0.2, 0.25) is 0 Å². The molecule has 2 aromatic carbocycles. The van der Waals surface area contributed by atoms with Gasteiger partial charge in [0.25, 0.3) is 5.91 Å². The van der Waals surface area contributed by atoms with Crippen LogP contribution in [0.4, 0.5) is 4.39 Å². The Kier molecular flexibility index (Phi) is 7.93. The fraction of sp³-hybridized carbons (Fsp3) is 0.273. The summed E-state index contributed by atoms with van der Waals surface area (Å²) >= 11 is 0. The van der Waals surface area contributed by atoms with E-state index in [1.165, 1.54) is 6.07 Å². The zero-order valence-corrected chi connectivity index (χ0v) is 17.5. The molecule has 0 unspecified atom stereocenters. The summed E-state index contributed by atoms with van der Waals surface area (Å²) in [6.45, 7) is 5.03. The van der Waals surface area contributed by atoms with Crippen molar-refractivity contribution in [2.45, 2.75) is 20.3 Å². The molecule has 0 spiro atoms. The second-order valence-electron chi connectivity index (χ2n) is 6.82. The summed E-state index contributed by atoms with van der Waals surface area (Å²) in [4.78, 5) is 14.6. The number of nitrogens with zero attached hydrogens (tertiary/aromatic N) is 3. The lowest BCUT2D eigenvalue weighted by Crippen LogP contribution is -2.37. The zero-order chi connectivity index (χ0) is 20.1. The molecule has 0 aliphatic heterocycles. The molecule has 1 aromatic heterocycles. The quantitative estimate of drug-likeness (QED) is 0.638. The van der Waals surface area contributed by atoms with Crippen LogP contribution in [0.15, 0.2) is 54.6 Å². The third-order valence-electron chi connectivity index (χ3n) is 4.63. The van der Waals surface area contributed by atoms with Gasteiger partial charge in [0, 0.05) is 30.9 Å². The van der Waals surface area contributed by atoms with Crippen molar-refractivity contribution in [2.24, 2.45) is 5.73 Å². The van der Waals surface area contributed by atoms with Gasteiger partial charge in [0.05, 0.1) is 5.69 Å². The van der Waals surface area contributed by atoms with E-state index in [0.29, 0.717) is 30.9 Å². The number of nitrogens with two attached hydrogens (primary N) is 1. The monoisotopic (exact) mass is 416 g/mol. The van der Waals surface area contributed by atoms with E-state index in [-0.39, 0.29) is 18.3 Å². The molecule has 5 nitrogen and oxygen atoms in total. The molecule has 7 heteroatoms. The SMILES string of the molecule is Cc1cc(C)n(-c2ccc(C(=O)N(CCN)CCc3ccccc3)cc2F)n1.Cl. The summed E-state index contributed by atoms with van der Waals surface area (Å²) in [5, 5.41) is 4.31. The number of amides is 1. The van der Waals surface area contributed by atoms with Crippen molar-refractivity contribution in [2.75, 3.05) is 19.6 Å². The van der Waals surface area contributed by atoms with Crippen molar-refractivity contribution >= 4 is 18.3 Å². The Balaban J connectivity index is 0.00000300. The van der Waals surface area contributed by atoms with Crippen LogP contribution in [0, 0.1) is 19.7 Å².